The first-order chi connectivity index (χ1) is 9.95. The Morgan fingerprint density at radius 2 is 1.86 bits per heavy atom. The minimum absolute atomic E-state index is 0.0919. The van der Waals surface area contributed by atoms with Crippen molar-refractivity contribution >= 4 is 11.6 Å². The lowest BCUT2D eigenvalue weighted by Crippen LogP contribution is -2.15. The van der Waals surface area contributed by atoms with E-state index >= 15 is 0 Å². The van der Waals surface area contributed by atoms with Crippen LogP contribution in [0.3, 0.4) is 0 Å². The molecule has 0 radical (unpaired) electrons. The van der Waals surface area contributed by atoms with Crippen LogP contribution in [0.4, 0.5) is 24.8 Å². The summed E-state index contributed by atoms with van der Waals surface area (Å²) in [5.41, 5.74) is 5.17. The molecule has 0 unspecified atom stereocenters. The molecule has 5 nitrogen and oxygen atoms in total. The molecule has 0 aliphatic carbocycles. The van der Waals surface area contributed by atoms with Crippen molar-refractivity contribution in [3.05, 3.63) is 42.2 Å². The van der Waals surface area contributed by atoms with E-state index in [-0.39, 0.29) is 19.1 Å². The molecule has 2 aromatic rings. The molecule has 0 amide bonds. The molecule has 0 spiro atoms. The molecule has 21 heavy (non-hydrogen) atoms. The number of anilines is 2. The van der Waals surface area contributed by atoms with Crippen LogP contribution in [-0.2, 0) is 6.18 Å². The maximum atomic E-state index is 12.5. The number of hydrogen-bond acceptors (Lipinski definition) is 5. The standard InChI is InChI=1S/C13H13F3N4O/c14-13(15,16)11-5-6-18-12(20-11)19-7-8-21-10-3-1-9(17)2-4-10/h1-6H,7-8,17H2,(H,18,19,20). The van der Waals surface area contributed by atoms with E-state index in [1.54, 1.807) is 24.3 Å². The van der Waals surface area contributed by atoms with Crippen LogP contribution in [-0.4, -0.2) is 23.1 Å². The predicted molar refractivity (Wildman–Crippen MR) is 71.9 cm³/mol. The fraction of sp³-hybridized carbons (Fsp3) is 0.231. The third kappa shape index (κ3) is 4.51. The Hall–Kier alpha value is -2.51. The number of alkyl halides is 3. The summed E-state index contributed by atoms with van der Waals surface area (Å²) in [7, 11) is 0. The van der Waals surface area contributed by atoms with E-state index in [9.17, 15) is 13.2 Å². The smallest absolute Gasteiger partial charge is 0.433 e. The second kappa shape index (κ2) is 6.29. The molecule has 0 aliphatic rings. The number of halogens is 3. The lowest BCUT2D eigenvalue weighted by atomic mass is 10.3. The molecule has 0 bridgehead atoms. The Morgan fingerprint density at radius 1 is 1.14 bits per heavy atom. The number of benzene rings is 1. The van der Waals surface area contributed by atoms with Crippen LogP contribution >= 0.6 is 0 Å². The van der Waals surface area contributed by atoms with Gasteiger partial charge in [0.2, 0.25) is 5.95 Å². The number of ether oxygens (including phenoxy) is 1. The van der Waals surface area contributed by atoms with Gasteiger partial charge in [-0.15, -0.1) is 0 Å². The second-order valence-corrected chi connectivity index (χ2v) is 4.11. The fourth-order valence-electron chi connectivity index (χ4n) is 1.50. The van der Waals surface area contributed by atoms with Crippen LogP contribution in [0, 0.1) is 0 Å². The van der Waals surface area contributed by atoms with Gasteiger partial charge in [-0.3, -0.25) is 0 Å². The zero-order chi connectivity index (χ0) is 15.3. The van der Waals surface area contributed by atoms with Gasteiger partial charge in [-0.25, -0.2) is 9.97 Å². The molecule has 0 saturated heterocycles. The first-order valence-corrected chi connectivity index (χ1v) is 6.07. The molecule has 0 saturated carbocycles. The summed E-state index contributed by atoms with van der Waals surface area (Å²) in [5, 5.41) is 2.67. The highest BCUT2D eigenvalue weighted by Gasteiger charge is 2.32. The Labute approximate surface area is 119 Å². The summed E-state index contributed by atoms with van der Waals surface area (Å²) in [6.07, 6.45) is -3.43. The lowest BCUT2D eigenvalue weighted by Gasteiger charge is -2.09. The zero-order valence-electron chi connectivity index (χ0n) is 10.9. The molecule has 1 heterocycles. The van der Waals surface area contributed by atoms with Gasteiger partial charge in [-0.05, 0) is 30.3 Å². The summed E-state index contributed by atoms with van der Waals surface area (Å²) < 4.78 is 42.8. The van der Waals surface area contributed by atoms with Crippen molar-refractivity contribution in [1.82, 2.24) is 9.97 Å². The zero-order valence-corrected chi connectivity index (χ0v) is 10.9. The molecule has 3 N–H and O–H groups in total. The van der Waals surface area contributed by atoms with Gasteiger partial charge in [0.05, 0.1) is 6.54 Å². The number of nitrogen functional groups attached to an aromatic ring is 1. The fourth-order valence-corrected chi connectivity index (χ4v) is 1.50. The highest BCUT2D eigenvalue weighted by molar-refractivity contribution is 5.41. The number of nitrogens with zero attached hydrogens (tertiary/aromatic N) is 2. The quantitative estimate of drug-likeness (QED) is 0.655. The number of rotatable bonds is 5. The summed E-state index contributed by atoms with van der Waals surface area (Å²) in [6.45, 7) is 0.523. The number of aromatic nitrogens is 2. The maximum Gasteiger partial charge on any atom is 0.433 e. The normalized spacial score (nSPS) is 11.2. The highest BCUT2D eigenvalue weighted by Crippen LogP contribution is 2.27. The molecular formula is C13H13F3N4O. The van der Waals surface area contributed by atoms with Crippen molar-refractivity contribution in [3.8, 4) is 5.75 Å². The molecular weight excluding hydrogens is 285 g/mol. The molecule has 0 fully saturated rings. The molecule has 8 heteroatoms. The van der Waals surface area contributed by atoms with E-state index in [4.69, 9.17) is 10.5 Å². The Bertz CT molecular complexity index is 587. The Morgan fingerprint density at radius 3 is 2.52 bits per heavy atom. The van der Waals surface area contributed by atoms with E-state index in [2.05, 4.69) is 15.3 Å². The third-order valence-electron chi connectivity index (χ3n) is 2.48. The van der Waals surface area contributed by atoms with Crippen molar-refractivity contribution in [2.45, 2.75) is 6.18 Å². The van der Waals surface area contributed by atoms with Gasteiger partial charge in [-0.2, -0.15) is 13.2 Å². The van der Waals surface area contributed by atoms with Gasteiger partial charge in [0, 0.05) is 11.9 Å². The minimum Gasteiger partial charge on any atom is -0.492 e. The molecule has 0 atom stereocenters. The van der Waals surface area contributed by atoms with E-state index in [1.807, 2.05) is 0 Å². The van der Waals surface area contributed by atoms with Crippen LogP contribution in [0.1, 0.15) is 5.69 Å². The summed E-state index contributed by atoms with van der Waals surface area (Å²) in [5.74, 6) is 0.529. The van der Waals surface area contributed by atoms with Gasteiger partial charge >= 0.3 is 6.18 Å². The second-order valence-electron chi connectivity index (χ2n) is 4.11. The minimum atomic E-state index is -4.49. The monoisotopic (exact) mass is 298 g/mol. The van der Waals surface area contributed by atoms with Crippen molar-refractivity contribution in [2.75, 3.05) is 24.2 Å². The first kappa shape index (κ1) is 14.9. The Balaban J connectivity index is 1.82. The van der Waals surface area contributed by atoms with E-state index < -0.39 is 11.9 Å². The first-order valence-electron chi connectivity index (χ1n) is 6.07. The van der Waals surface area contributed by atoms with E-state index in [1.165, 1.54) is 0 Å². The number of nitrogens with one attached hydrogen (secondary N) is 1. The van der Waals surface area contributed by atoms with Crippen molar-refractivity contribution in [2.24, 2.45) is 0 Å². The van der Waals surface area contributed by atoms with Gasteiger partial charge in [0.1, 0.15) is 18.1 Å². The van der Waals surface area contributed by atoms with Gasteiger partial charge < -0.3 is 15.8 Å². The van der Waals surface area contributed by atoms with Crippen LogP contribution in [0.25, 0.3) is 0 Å². The molecule has 2 rings (SSSR count). The largest absolute Gasteiger partial charge is 0.492 e. The van der Waals surface area contributed by atoms with E-state index in [0.717, 1.165) is 12.3 Å². The van der Waals surface area contributed by atoms with Crippen molar-refractivity contribution in [1.29, 1.82) is 0 Å². The maximum absolute atomic E-state index is 12.5. The van der Waals surface area contributed by atoms with Crippen molar-refractivity contribution in [3.63, 3.8) is 0 Å². The summed E-state index contributed by atoms with van der Waals surface area (Å²) in [6, 6.07) is 7.61. The van der Waals surface area contributed by atoms with Crippen LogP contribution in [0.5, 0.6) is 5.75 Å². The van der Waals surface area contributed by atoms with Crippen LogP contribution in [0.15, 0.2) is 36.5 Å². The molecule has 1 aromatic heterocycles. The average molecular weight is 298 g/mol. The van der Waals surface area contributed by atoms with Crippen LogP contribution < -0.4 is 15.8 Å². The molecule has 0 aliphatic heterocycles. The summed E-state index contributed by atoms with van der Waals surface area (Å²) >= 11 is 0. The highest BCUT2D eigenvalue weighted by atomic mass is 19.4. The van der Waals surface area contributed by atoms with Crippen LogP contribution in [0.2, 0.25) is 0 Å². The number of hydrogen-bond donors (Lipinski definition) is 2. The predicted octanol–water partition coefficient (Wildman–Crippen LogP) is 2.57. The van der Waals surface area contributed by atoms with Gasteiger partial charge in [-0.1, -0.05) is 0 Å². The number of nitrogens with two attached hydrogens (primary N) is 1. The van der Waals surface area contributed by atoms with Gasteiger partial charge in [0.25, 0.3) is 0 Å². The average Bonchev–Trinajstić information content (AvgIpc) is 2.45. The Kier molecular flexibility index (Phi) is 4.46. The third-order valence-corrected chi connectivity index (χ3v) is 2.48. The lowest BCUT2D eigenvalue weighted by molar-refractivity contribution is -0.141. The topological polar surface area (TPSA) is 73.1 Å². The van der Waals surface area contributed by atoms with E-state index in [0.29, 0.717) is 11.4 Å². The van der Waals surface area contributed by atoms with Gasteiger partial charge in [0.15, 0.2) is 0 Å². The molecule has 1 aromatic carbocycles. The summed E-state index contributed by atoms with van der Waals surface area (Å²) in [4.78, 5) is 7.10. The van der Waals surface area contributed by atoms with Crippen molar-refractivity contribution < 1.29 is 17.9 Å². The SMILES string of the molecule is Nc1ccc(OCCNc2nccc(C(F)(F)F)n2)cc1. The molecule has 112 valence electrons.